The van der Waals surface area contributed by atoms with Crippen LogP contribution in [0.3, 0.4) is 0 Å². The zero-order chi connectivity index (χ0) is 3.58. The molecule has 5 heavy (non-hydrogen) atoms. The highest BCUT2D eigenvalue weighted by atomic mass is 32.2. The summed E-state index contributed by atoms with van der Waals surface area (Å²) in [5.74, 6) is 0. The zero-order valence-electron chi connectivity index (χ0n) is 1.72. The van der Waals surface area contributed by atoms with Gasteiger partial charge in [-0.2, -0.15) is 13.2 Å². The molecule has 0 radical (unpaired) electrons. The summed E-state index contributed by atoms with van der Waals surface area (Å²) in [6.45, 7) is 0. The minimum atomic E-state index is -2.61. The van der Waals surface area contributed by atoms with E-state index in [-0.39, 0.29) is 7.43 Å². The average Bonchev–Trinajstić information content (AvgIpc) is 0.811. The molecule has 0 aromatic heterocycles. The molecular weight excluding hydrogens is 90.1 g/mol. The average molecular weight is 95.1 g/mol. The zero-order valence-corrected chi connectivity index (χ0v) is 2.54. The van der Waals surface area contributed by atoms with Crippen LogP contribution in [-0.4, -0.2) is 8.42 Å². The maximum absolute atomic E-state index is 8.67. The summed E-state index contributed by atoms with van der Waals surface area (Å²) in [5.41, 5.74) is 0. The normalized spacial score (nSPS) is 4.80. The van der Waals surface area contributed by atoms with E-state index < -0.39 is 10.5 Å². The van der Waals surface area contributed by atoms with Crippen molar-refractivity contribution in [3.8, 4) is 0 Å². The molecule has 0 rings (SSSR count). The molecule has 0 saturated carbocycles. The van der Waals surface area contributed by atoms with E-state index in [1.165, 1.54) is 0 Å². The molecule has 4 heteroatoms. The predicted octanol–water partition coefficient (Wildman–Crippen LogP) is 0.264. The number of nitrogens with one attached hydrogen (secondary N) is 1. The molecule has 0 heterocycles. The third-order valence-corrected chi connectivity index (χ3v) is 0. The summed E-state index contributed by atoms with van der Waals surface area (Å²) in [7, 11) is -2.61. The van der Waals surface area contributed by atoms with Gasteiger partial charge in [-0.25, -0.2) is 0 Å². The number of hydrogen-bond acceptors (Lipinski definition) is 3. The number of hydrogen-bond donors (Lipinski definition) is 1. The van der Waals surface area contributed by atoms with Crippen molar-refractivity contribution in [3.63, 3.8) is 0 Å². The topological polar surface area (TPSA) is 58.0 Å². The second kappa shape index (κ2) is 3.62. The molecule has 0 aromatic carbocycles. The van der Waals surface area contributed by atoms with E-state index in [0.29, 0.717) is 0 Å². The third-order valence-electron chi connectivity index (χ3n) is 0. The van der Waals surface area contributed by atoms with E-state index >= 15 is 0 Å². The third kappa shape index (κ3) is 65.8. The highest BCUT2D eigenvalue weighted by Gasteiger charge is 1.32. The lowest BCUT2D eigenvalue weighted by Gasteiger charge is -1.18. The van der Waals surface area contributed by atoms with Crippen molar-refractivity contribution in [2.24, 2.45) is 0 Å². The minimum Gasteiger partial charge on any atom is -0.188 e. The molecular formula is CH5NO2S. The van der Waals surface area contributed by atoms with Gasteiger partial charge in [-0.1, -0.05) is 7.43 Å². The molecule has 0 aliphatic carbocycles. The van der Waals surface area contributed by atoms with E-state index in [0.717, 1.165) is 0 Å². The first-order chi connectivity index (χ1) is 1.73. The van der Waals surface area contributed by atoms with E-state index in [1.807, 2.05) is 0 Å². The van der Waals surface area contributed by atoms with Crippen LogP contribution in [0.15, 0.2) is 0 Å². The minimum absolute atomic E-state index is 0. The Bertz CT molecular complexity index is 79.0. The van der Waals surface area contributed by atoms with Gasteiger partial charge in [0.15, 0.2) is 0 Å². The highest BCUT2D eigenvalue weighted by molar-refractivity contribution is 7.60. The molecule has 0 bridgehead atoms. The molecule has 0 unspecified atom stereocenters. The lowest BCUT2D eigenvalue weighted by atomic mass is 12.0. The largest absolute Gasteiger partial charge is 0.308 e. The van der Waals surface area contributed by atoms with E-state index in [2.05, 4.69) is 0 Å². The molecule has 32 valence electrons. The molecule has 3 nitrogen and oxygen atoms in total. The van der Waals surface area contributed by atoms with Gasteiger partial charge in [-0.15, -0.1) is 0 Å². The smallest absolute Gasteiger partial charge is 0.188 e. The lowest BCUT2D eigenvalue weighted by molar-refractivity contribution is 0.620. The van der Waals surface area contributed by atoms with Crippen LogP contribution in [-0.2, 0) is 10.5 Å². The Hall–Kier alpha value is -0.380. The van der Waals surface area contributed by atoms with Crippen molar-refractivity contribution in [1.82, 2.24) is 0 Å². The maximum Gasteiger partial charge on any atom is 0.308 e. The second-order valence-corrected chi connectivity index (χ2v) is 0.704. The number of rotatable bonds is 0. The van der Waals surface area contributed by atoms with Crippen LogP contribution >= 0.6 is 0 Å². The van der Waals surface area contributed by atoms with Crippen molar-refractivity contribution in [1.29, 1.82) is 4.78 Å². The molecule has 0 fully saturated rings. The summed E-state index contributed by atoms with van der Waals surface area (Å²) in [6.07, 6.45) is 0. The first-order valence-electron chi connectivity index (χ1n) is 0.537. The maximum atomic E-state index is 8.67. The van der Waals surface area contributed by atoms with Gasteiger partial charge in [0, 0.05) is 0 Å². The molecule has 0 atom stereocenters. The quantitative estimate of drug-likeness (QED) is 0.469. The van der Waals surface area contributed by atoms with Gasteiger partial charge in [-0.3, -0.25) is 0 Å². The summed E-state index contributed by atoms with van der Waals surface area (Å²) >= 11 is 0. The second-order valence-electron chi connectivity index (χ2n) is 0.235. The van der Waals surface area contributed by atoms with Crippen LogP contribution in [0.2, 0.25) is 0 Å². The highest BCUT2D eigenvalue weighted by Crippen LogP contribution is 1.15. The first kappa shape index (κ1) is 8.82. The van der Waals surface area contributed by atoms with Gasteiger partial charge in [0.05, 0.1) is 0 Å². The first-order valence-corrected chi connectivity index (χ1v) is 1.61. The monoisotopic (exact) mass is 95.0 g/mol. The SMILES string of the molecule is C.N=S(=O)=O. The fourth-order valence-electron chi connectivity index (χ4n) is 0. The van der Waals surface area contributed by atoms with Crippen molar-refractivity contribution >= 4 is 10.5 Å². The van der Waals surface area contributed by atoms with E-state index in [4.69, 9.17) is 13.2 Å². The lowest BCUT2D eigenvalue weighted by Crippen LogP contribution is -1.34. The van der Waals surface area contributed by atoms with Crippen LogP contribution in [0.5, 0.6) is 0 Å². The summed E-state index contributed by atoms with van der Waals surface area (Å²) in [4.78, 5) is 0. The van der Waals surface area contributed by atoms with Crippen molar-refractivity contribution in [2.45, 2.75) is 7.43 Å². The predicted molar refractivity (Wildman–Crippen MR) is 18.4 cm³/mol. The molecule has 0 aliphatic rings. The van der Waals surface area contributed by atoms with Crippen LogP contribution < -0.4 is 0 Å². The molecule has 1 N–H and O–H groups in total. The van der Waals surface area contributed by atoms with Gasteiger partial charge < -0.3 is 0 Å². The standard InChI is InChI=1S/CH4.HNO2S/c;1-4(2)3/h1H4;1H. The van der Waals surface area contributed by atoms with Crippen molar-refractivity contribution in [3.05, 3.63) is 0 Å². The summed E-state index contributed by atoms with van der Waals surface area (Å²) in [6, 6.07) is 0. The Kier molecular flexibility index (Phi) is 6.39. The van der Waals surface area contributed by atoms with Crippen molar-refractivity contribution < 1.29 is 8.42 Å². The van der Waals surface area contributed by atoms with Gasteiger partial charge in [0.25, 0.3) is 0 Å². The Balaban J connectivity index is 0. The molecule has 0 aliphatic heterocycles. The van der Waals surface area contributed by atoms with Gasteiger partial charge >= 0.3 is 10.5 Å². The van der Waals surface area contributed by atoms with Crippen LogP contribution in [0.25, 0.3) is 0 Å². The summed E-state index contributed by atoms with van der Waals surface area (Å²) in [5, 5.41) is 0. The van der Waals surface area contributed by atoms with Crippen LogP contribution in [0.1, 0.15) is 7.43 Å². The van der Waals surface area contributed by atoms with Crippen LogP contribution in [0.4, 0.5) is 0 Å². The van der Waals surface area contributed by atoms with E-state index in [9.17, 15) is 0 Å². The summed E-state index contributed by atoms with van der Waals surface area (Å²) < 4.78 is 22.8. The Morgan fingerprint density at radius 3 is 1.40 bits per heavy atom. The van der Waals surface area contributed by atoms with Crippen molar-refractivity contribution in [2.75, 3.05) is 0 Å². The van der Waals surface area contributed by atoms with Gasteiger partial charge in [0.2, 0.25) is 0 Å². The molecule has 0 saturated heterocycles. The Morgan fingerprint density at radius 2 is 1.40 bits per heavy atom. The molecule has 0 amide bonds. The fourth-order valence-corrected chi connectivity index (χ4v) is 0. The molecule has 0 aromatic rings. The Morgan fingerprint density at radius 1 is 1.40 bits per heavy atom. The van der Waals surface area contributed by atoms with E-state index in [1.54, 1.807) is 0 Å². The van der Waals surface area contributed by atoms with Gasteiger partial charge in [-0.05, 0) is 0 Å². The van der Waals surface area contributed by atoms with Crippen LogP contribution in [0, 0.1) is 4.78 Å². The Labute approximate surface area is 32.1 Å². The fraction of sp³-hybridized carbons (Fsp3) is 1.00. The molecule has 0 spiro atoms. The van der Waals surface area contributed by atoms with Gasteiger partial charge in [0.1, 0.15) is 0 Å².